The van der Waals surface area contributed by atoms with E-state index >= 15 is 0 Å². The van der Waals surface area contributed by atoms with Crippen molar-refractivity contribution < 1.29 is 17.6 Å². The second-order valence-electron chi connectivity index (χ2n) is 7.02. The zero-order valence-corrected chi connectivity index (χ0v) is 18.8. The predicted molar refractivity (Wildman–Crippen MR) is 123 cm³/mol. The van der Waals surface area contributed by atoms with Crippen LogP contribution in [-0.2, 0) is 10.0 Å². The first-order valence-corrected chi connectivity index (χ1v) is 12.0. The molecule has 0 aliphatic carbocycles. The van der Waals surface area contributed by atoms with Gasteiger partial charge >= 0.3 is 0 Å². The zero-order valence-electron chi connectivity index (χ0n) is 17.1. The van der Waals surface area contributed by atoms with Gasteiger partial charge in [-0.05, 0) is 48.5 Å². The van der Waals surface area contributed by atoms with Crippen molar-refractivity contribution in [3.63, 3.8) is 0 Å². The maximum Gasteiger partial charge on any atom is 0.291 e. The summed E-state index contributed by atoms with van der Waals surface area (Å²) >= 11 is 1.20. The number of primary sulfonamides is 1. The fraction of sp³-hybridized carbons (Fsp3) is 0.0455. The van der Waals surface area contributed by atoms with E-state index in [1.165, 1.54) is 28.0 Å². The number of nitrogens with zero attached hydrogens (tertiary/aromatic N) is 3. The smallest absolute Gasteiger partial charge is 0.291 e. The lowest BCUT2D eigenvalue weighted by Gasteiger charge is -2.03. The number of fused-ring (bicyclic) bond motifs is 1. The van der Waals surface area contributed by atoms with Gasteiger partial charge in [0.15, 0.2) is 5.82 Å². The van der Waals surface area contributed by atoms with Crippen LogP contribution in [0.25, 0.3) is 33.7 Å². The van der Waals surface area contributed by atoms with Gasteiger partial charge in [-0.1, -0.05) is 23.5 Å². The van der Waals surface area contributed by atoms with Crippen LogP contribution in [0.5, 0.6) is 5.75 Å². The number of hydrogen-bond acceptors (Lipinski definition) is 8. The highest BCUT2D eigenvalue weighted by molar-refractivity contribution is 7.89. The second kappa shape index (κ2) is 7.96. The Labute approximate surface area is 191 Å². The molecule has 166 valence electrons. The molecular formula is C22H16N4O5S2. The molecule has 0 amide bonds. The van der Waals surface area contributed by atoms with Crippen LogP contribution in [0.3, 0.4) is 0 Å². The van der Waals surface area contributed by atoms with Crippen LogP contribution >= 0.6 is 11.3 Å². The molecule has 0 fully saturated rings. The molecule has 3 aromatic heterocycles. The van der Waals surface area contributed by atoms with Gasteiger partial charge in [0.25, 0.3) is 5.56 Å². The molecule has 0 bridgehead atoms. The van der Waals surface area contributed by atoms with E-state index in [2.05, 4.69) is 10.1 Å². The van der Waals surface area contributed by atoms with E-state index in [1.807, 2.05) is 18.2 Å². The zero-order chi connectivity index (χ0) is 23.2. The SMILES string of the molecule is COc1ccccc1-c1nc2s/c(=C\c3ccc(-c4ccc(S(N)(=O)=O)cc4)o3)c(=O)n2n1. The van der Waals surface area contributed by atoms with Crippen LogP contribution in [-0.4, -0.2) is 30.1 Å². The Bertz CT molecular complexity index is 1700. The molecule has 0 unspecified atom stereocenters. The molecule has 5 aromatic rings. The minimum Gasteiger partial charge on any atom is -0.496 e. The van der Waals surface area contributed by atoms with Crippen molar-refractivity contribution in [1.82, 2.24) is 14.6 Å². The molecule has 9 nitrogen and oxygen atoms in total. The van der Waals surface area contributed by atoms with E-state index in [0.29, 0.717) is 43.7 Å². The van der Waals surface area contributed by atoms with E-state index in [-0.39, 0.29) is 10.5 Å². The lowest BCUT2D eigenvalue weighted by atomic mass is 10.2. The average molecular weight is 481 g/mol. The summed E-state index contributed by atoms with van der Waals surface area (Å²) in [5.74, 6) is 2.01. The lowest BCUT2D eigenvalue weighted by molar-refractivity contribution is 0.416. The van der Waals surface area contributed by atoms with Crippen LogP contribution in [0.1, 0.15) is 5.76 Å². The van der Waals surface area contributed by atoms with Gasteiger partial charge < -0.3 is 9.15 Å². The lowest BCUT2D eigenvalue weighted by Crippen LogP contribution is -2.23. The number of aromatic nitrogens is 3. The Morgan fingerprint density at radius 2 is 1.85 bits per heavy atom. The molecule has 0 saturated carbocycles. The number of rotatable bonds is 5. The van der Waals surface area contributed by atoms with E-state index in [0.717, 1.165) is 0 Å². The minimum atomic E-state index is -3.77. The van der Waals surface area contributed by atoms with Gasteiger partial charge in [0, 0.05) is 11.6 Å². The molecule has 3 heterocycles. The van der Waals surface area contributed by atoms with Gasteiger partial charge in [-0.3, -0.25) is 4.79 Å². The van der Waals surface area contributed by atoms with Crippen molar-refractivity contribution in [2.45, 2.75) is 4.90 Å². The van der Waals surface area contributed by atoms with Crippen molar-refractivity contribution >= 4 is 32.4 Å². The third-order valence-corrected chi connectivity index (χ3v) is 6.79. The Hall–Kier alpha value is -3.80. The highest BCUT2D eigenvalue weighted by Crippen LogP contribution is 2.27. The van der Waals surface area contributed by atoms with Crippen molar-refractivity contribution in [2.75, 3.05) is 7.11 Å². The topological polar surface area (TPSA) is 130 Å². The fourth-order valence-electron chi connectivity index (χ4n) is 3.30. The maximum absolute atomic E-state index is 12.8. The third kappa shape index (κ3) is 3.93. The highest BCUT2D eigenvalue weighted by atomic mass is 32.2. The van der Waals surface area contributed by atoms with Gasteiger partial charge in [0.1, 0.15) is 21.8 Å². The van der Waals surface area contributed by atoms with Crippen molar-refractivity contribution in [3.05, 3.63) is 81.3 Å². The minimum absolute atomic E-state index is 0.0162. The molecule has 0 aliphatic rings. The first kappa shape index (κ1) is 21.1. The number of furan rings is 1. The number of benzene rings is 2. The molecule has 5 rings (SSSR count). The molecule has 11 heteroatoms. The van der Waals surface area contributed by atoms with Crippen LogP contribution in [0.15, 0.2) is 74.8 Å². The monoisotopic (exact) mass is 480 g/mol. The summed E-state index contributed by atoms with van der Waals surface area (Å²) in [4.78, 5) is 17.8. The molecule has 33 heavy (non-hydrogen) atoms. The van der Waals surface area contributed by atoms with Crippen molar-refractivity contribution in [2.24, 2.45) is 5.14 Å². The summed E-state index contributed by atoms with van der Waals surface area (Å²) in [6.45, 7) is 0. The molecular weight excluding hydrogens is 464 g/mol. The van der Waals surface area contributed by atoms with Crippen LogP contribution in [0.2, 0.25) is 0 Å². The average Bonchev–Trinajstić information content (AvgIpc) is 3.51. The number of sulfonamides is 1. The standard InChI is InChI=1S/C22H16N4O5S2/c1-30-18-5-3-2-4-16(18)20-24-22-26(25-20)21(27)19(32-22)12-14-8-11-17(31-14)13-6-9-15(10-7-13)33(23,28)29/h2-12H,1H3,(H2,23,28,29)/b19-12-. The number of para-hydroxylation sites is 1. The summed E-state index contributed by atoms with van der Waals surface area (Å²) in [7, 11) is -2.20. The fourth-order valence-corrected chi connectivity index (χ4v) is 4.70. The summed E-state index contributed by atoms with van der Waals surface area (Å²) < 4.78 is 35.7. The Morgan fingerprint density at radius 1 is 1.09 bits per heavy atom. The quantitative estimate of drug-likeness (QED) is 0.408. The van der Waals surface area contributed by atoms with Crippen molar-refractivity contribution in [3.8, 4) is 28.5 Å². The van der Waals surface area contributed by atoms with Crippen molar-refractivity contribution in [1.29, 1.82) is 0 Å². The number of thiazole rings is 1. The van der Waals surface area contributed by atoms with Gasteiger partial charge in [-0.15, -0.1) is 5.10 Å². The number of ether oxygens (including phenoxy) is 1. The second-order valence-corrected chi connectivity index (χ2v) is 9.59. The van der Waals surface area contributed by atoms with Crippen LogP contribution in [0.4, 0.5) is 0 Å². The summed E-state index contributed by atoms with van der Waals surface area (Å²) in [5, 5.41) is 9.47. The summed E-state index contributed by atoms with van der Waals surface area (Å²) in [5.41, 5.74) is 1.07. The van der Waals surface area contributed by atoms with Crippen LogP contribution < -0.4 is 20.0 Å². The summed E-state index contributed by atoms with van der Waals surface area (Å²) in [6, 6.07) is 16.8. The predicted octanol–water partition coefficient (Wildman–Crippen LogP) is 2.28. The molecule has 0 spiro atoms. The third-order valence-electron chi connectivity index (χ3n) is 4.90. The van der Waals surface area contributed by atoms with E-state index in [1.54, 1.807) is 43.5 Å². The molecule has 2 aromatic carbocycles. The van der Waals surface area contributed by atoms with Gasteiger partial charge in [-0.25, -0.2) is 13.6 Å². The molecule has 0 atom stereocenters. The first-order valence-electron chi connectivity index (χ1n) is 9.61. The highest BCUT2D eigenvalue weighted by Gasteiger charge is 2.15. The number of nitrogens with two attached hydrogens (primary N) is 1. The Balaban J connectivity index is 1.48. The summed E-state index contributed by atoms with van der Waals surface area (Å²) in [6.07, 6.45) is 1.62. The van der Waals surface area contributed by atoms with Crippen LogP contribution in [0, 0.1) is 0 Å². The van der Waals surface area contributed by atoms with E-state index < -0.39 is 10.0 Å². The Morgan fingerprint density at radius 3 is 2.55 bits per heavy atom. The van der Waals surface area contributed by atoms with Gasteiger partial charge in [0.05, 0.1) is 17.6 Å². The number of methoxy groups -OCH3 is 1. The molecule has 0 radical (unpaired) electrons. The largest absolute Gasteiger partial charge is 0.496 e. The molecule has 2 N–H and O–H groups in total. The maximum atomic E-state index is 12.8. The Kier molecular flexibility index (Phi) is 5.08. The number of hydrogen-bond donors (Lipinski definition) is 1. The van der Waals surface area contributed by atoms with E-state index in [4.69, 9.17) is 14.3 Å². The molecule has 0 saturated heterocycles. The van der Waals surface area contributed by atoms with E-state index in [9.17, 15) is 13.2 Å². The first-order chi connectivity index (χ1) is 15.8. The van der Waals surface area contributed by atoms with Gasteiger partial charge in [-0.2, -0.15) is 9.50 Å². The van der Waals surface area contributed by atoms with Gasteiger partial charge in [0.2, 0.25) is 15.0 Å². The molecule has 0 aliphatic heterocycles. The normalized spacial score (nSPS) is 12.5.